The van der Waals surface area contributed by atoms with E-state index < -0.39 is 15.8 Å². The van der Waals surface area contributed by atoms with Gasteiger partial charge in [0.25, 0.3) is 15.9 Å². The number of nitrogens with one attached hydrogen (secondary N) is 2. The van der Waals surface area contributed by atoms with Gasteiger partial charge < -0.3 is 10.1 Å². The Morgan fingerprint density at radius 3 is 2.34 bits per heavy atom. The van der Waals surface area contributed by atoms with Crippen molar-refractivity contribution >= 4 is 21.6 Å². The van der Waals surface area contributed by atoms with E-state index in [1.165, 1.54) is 36.4 Å². The summed E-state index contributed by atoms with van der Waals surface area (Å²) in [6.45, 7) is 0.328. The number of amides is 1. The summed E-state index contributed by atoms with van der Waals surface area (Å²) in [6.07, 6.45) is 0. The minimum absolute atomic E-state index is 0.0565. The Bertz CT molecular complexity index is 1100. The smallest absolute Gasteiger partial charge is 0.261 e. The molecule has 0 aliphatic heterocycles. The molecule has 3 rings (SSSR count). The van der Waals surface area contributed by atoms with Crippen molar-refractivity contribution in [2.45, 2.75) is 11.4 Å². The highest BCUT2D eigenvalue weighted by Gasteiger charge is 2.14. The number of hydrogen-bond donors (Lipinski definition) is 2. The first-order chi connectivity index (χ1) is 13.9. The van der Waals surface area contributed by atoms with Crippen LogP contribution in [0.5, 0.6) is 5.75 Å². The lowest BCUT2D eigenvalue weighted by atomic mass is 10.1. The van der Waals surface area contributed by atoms with Crippen molar-refractivity contribution in [1.82, 2.24) is 5.32 Å². The lowest BCUT2D eigenvalue weighted by Crippen LogP contribution is -2.22. The number of carbonyl (C=O) groups excluding carboxylic acids is 1. The van der Waals surface area contributed by atoms with Crippen molar-refractivity contribution in [2.24, 2.45) is 0 Å². The van der Waals surface area contributed by atoms with Crippen LogP contribution < -0.4 is 14.8 Å². The van der Waals surface area contributed by atoms with Crippen LogP contribution in [0.3, 0.4) is 0 Å². The maximum Gasteiger partial charge on any atom is 0.261 e. The van der Waals surface area contributed by atoms with E-state index in [0.29, 0.717) is 23.5 Å². The van der Waals surface area contributed by atoms with Gasteiger partial charge in [0, 0.05) is 17.8 Å². The summed E-state index contributed by atoms with van der Waals surface area (Å²) in [7, 11) is -2.27. The van der Waals surface area contributed by atoms with Gasteiger partial charge in [0.2, 0.25) is 0 Å². The SMILES string of the molecule is COc1cccc(CNC(=O)c2ccc(NS(=O)(=O)c3ccc(F)cc3)cc2)c1. The summed E-state index contributed by atoms with van der Waals surface area (Å²) in [4.78, 5) is 12.2. The van der Waals surface area contributed by atoms with Gasteiger partial charge in [-0.1, -0.05) is 12.1 Å². The van der Waals surface area contributed by atoms with Crippen LogP contribution in [0.4, 0.5) is 10.1 Å². The molecule has 150 valence electrons. The van der Waals surface area contributed by atoms with Crippen molar-refractivity contribution in [1.29, 1.82) is 0 Å². The van der Waals surface area contributed by atoms with Crippen molar-refractivity contribution in [3.05, 3.63) is 89.7 Å². The fraction of sp³-hybridized carbons (Fsp3) is 0.0952. The number of sulfonamides is 1. The summed E-state index contributed by atoms with van der Waals surface area (Å²) in [5.74, 6) is -0.108. The molecule has 6 nitrogen and oxygen atoms in total. The van der Waals surface area contributed by atoms with Crippen molar-refractivity contribution in [2.75, 3.05) is 11.8 Å². The first-order valence-electron chi connectivity index (χ1n) is 8.67. The molecule has 0 unspecified atom stereocenters. The first-order valence-corrected chi connectivity index (χ1v) is 10.2. The third-order valence-corrected chi connectivity index (χ3v) is 5.51. The minimum atomic E-state index is -3.85. The summed E-state index contributed by atoms with van der Waals surface area (Å²) >= 11 is 0. The van der Waals surface area contributed by atoms with Crippen molar-refractivity contribution in [3.63, 3.8) is 0 Å². The second-order valence-electron chi connectivity index (χ2n) is 6.17. The Kier molecular flexibility index (Phi) is 6.13. The zero-order chi connectivity index (χ0) is 20.9. The second kappa shape index (κ2) is 8.74. The van der Waals surface area contributed by atoms with Gasteiger partial charge >= 0.3 is 0 Å². The quantitative estimate of drug-likeness (QED) is 0.619. The van der Waals surface area contributed by atoms with Gasteiger partial charge in [0.1, 0.15) is 11.6 Å². The molecule has 3 aromatic rings. The highest BCUT2D eigenvalue weighted by molar-refractivity contribution is 7.92. The largest absolute Gasteiger partial charge is 0.497 e. The predicted molar refractivity (Wildman–Crippen MR) is 108 cm³/mol. The van der Waals surface area contributed by atoms with Gasteiger partial charge in [0.05, 0.1) is 12.0 Å². The Morgan fingerprint density at radius 1 is 1.00 bits per heavy atom. The minimum Gasteiger partial charge on any atom is -0.497 e. The molecule has 0 aromatic heterocycles. The molecule has 0 spiro atoms. The fourth-order valence-electron chi connectivity index (χ4n) is 2.58. The Hall–Kier alpha value is -3.39. The molecule has 2 N–H and O–H groups in total. The Balaban J connectivity index is 1.63. The molecule has 0 heterocycles. The number of rotatable bonds is 7. The molecule has 1 amide bonds. The van der Waals surface area contributed by atoms with E-state index >= 15 is 0 Å². The molecule has 0 saturated carbocycles. The molecule has 29 heavy (non-hydrogen) atoms. The van der Waals surface area contributed by atoms with E-state index in [2.05, 4.69) is 10.0 Å². The molecule has 0 bridgehead atoms. The summed E-state index contributed by atoms with van der Waals surface area (Å²) < 4.78 is 45.2. The average Bonchev–Trinajstić information content (AvgIpc) is 2.73. The van der Waals surface area contributed by atoms with E-state index in [4.69, 9.17) is 4.74 Å². The number of carbonyl (C=O) groups is 1. The number of halogens is 1. The zero-order valence-corrected chi connectivity index (χ0v) is 16.4. The number of anilines is 1. The van der Waals surface area contributed by atoms with E-state index in [-0.39, 0.29) is 10.8 Å². The summed E-state index contributed by atoms with van der Waals surface area (Å²) in [6, 6.07) is 17.9. The predicted octanol–water partition coefficient (Wildman–Crippen LogP) is 3.57. The van der Waals surface area contributed by atoms with Crippen molar-refractivity contribution in [3.8, 4) is 5.75 Å². The summed E-state index contributed by atoms with van der Waals surface area (Å²) in [5, 5.41) is 2.80. The molecule has 0 aliphatic carbocycles. The molecule has 0 aliphatic rings. The van der Waals surface area contributed by atoms with Gasteiger partial charge in [-0.3, -0.25) is 9.52 Å². The van der Waals surface area contributed by atoms with Gasteiger partial charge in [0.15, 0.2) is 0 Å². The molecule has 0 radical (unpaired) electrons. The van der Waals surface area contributed by atoms with Crippen LogP contribution in [0, 0.1) is 5.82 Å². The number of ether oxygens (including phenoxy) is 1. The van der Waals surface area contributed by atoms with Crippen LogP contribution in [-0.4, -0.2) is 21.4 Å². The molecule has 0 saturated heterocycles. The number of hydrogen-bond acceptors (Lipinski definition) is 4. The lowest BCUT2D eigenvalue weighted by molar-refractivity contribution is 0.0951. The molecular weight excluding hydrogens is 395 g/mol. The van der Waals surface area contributed by atoms with Crippen molar-refractivity contribution < 1.29 is 22.3 Å². The molecule has 0 atom stereocenters. The van der Waals surface area contributed by atoms with Gasteiger partial charge in [-0.25, -0.2) is 12.8 Å². The van der Waals surface area contributed by atoms with Gasteiger partial charge in [-0.05, 0) is 66.2 Å². The van der Waals surface area contributed by atoms with Crippen LogP contribution >= 0.6 is 0 Å². The topological polar surface area (TPSA) is 84.5 Å². The fourth-order valence-corrected chi connectivity index (χ4v) is 3.64. The van der Waals surface area contributed by atoms with E-state index in [1.54, 1.807) is 7.11 Å². The monoisotopic (exact) mass is 414 g/mol. The molecule has 0 fully saturated rings. The maximum atomic E-state index is 13.0. The molecular formula is C21H19FN2O4S. The molecule has 8 heteroatoms. The van der Waals surface area contributed by atoms with Crippen LogP contribution in [0.2, 0.25) is 0 Å². The average molecular weight is 414 g/mol. The van der Waals surface area contributed by atoms with Crippen LogP contribution in [0.25, 0.3) is 0 Å². The Morgan fingerprint density at radius 2 is 1.69 bits per heavy atom. The highest BCUT2D eigenvalue weighted by atomic mass is 32.2. The van der Waals surface area contributed by atoms with Crippen LogP contribution in [0.1, 0.15) is 15.9 Å². The second-order valence-corrected chi connectivity index (χ2v) is 7.85. The normalized spacial score (nSPS) is 11.0. The van der Waals surface area contributed by atoms with E-state index in [1.807, 2.05) is 24.3 Å². The third kappa shape index (κ3) is 5.32. The lowest BCUT2D eigenvalue weighted by Gasteiger charge is -2.10. The standard InChI is InChI=1S/C21H19FN2O4S/c1-28-19-4-2-3-15(13-19)14-23-21(25)16-5-9-18(10-6-16)24-29(26,27)20-11-7-17(22)8-12-20/h2-13,24H,14H2,1H3,(H,23,25). The number of benzene rings is 3. The zero-order valence-electron chi connectivity index (χ0n) is 15.6. The summed E-state index contributed by atoms with van der Waals surface area (Å²) in [5.41, 5.74) is 1.57. The van der Waals surface area contributed by atoms with E-state index in [9.17, 15) is 17.6 Å². The van der Waals surface area contributed by atoms with Gasteiger partial charge in [-0.2, -0.15) is 0 Å². The number of methoxy groups -OCH3 is 1. The Labute approximate surface area is 168 Å². The van der Waals surface area contributed by atoms with E-state index in [0.717, 1.165) is 17.7 Å². The molecule has 3 aromatic carbocycles. The van der Waals surface area contributed by atoms with Crippen LogP contribution in [0.15, 0.2) is 77.7 Å². The first kappa shape index (κ1) is 20.3. The highest BCUT2D eigenvalue weighted by Crippen LogP contribution is 2.17. The third-order valence-electron chi connectivity index (χ3n) is 4.11. The van der Waals surface area contributed by atoms with Crippen LogP contribution in [-0.2, 0) is 16.6 Å². The van der Waals surface area contributed by atoms with Gasteiger partial charge in [-0.15, -0.1) is 0 Å². The maximum absolute atomic E-state index is 13.0.